The van der Waals surface area contributed by atoms with E-state index < -0.39 is 6.67 Å². The van der Waals surface area contributed by atoms with Crippen LogP contribution in [-0.2, 0) is 6.67 Å². The summed E-state index contributed by atoms with van der Waals surface area (Å²) in [6.45, 7) is -0.699. The van der Waals surface area contributed by atoms with Crippen molar-refractivity contribution in [3.05, 3.63) is 12.0 Å². The highest BCUT2D eigenvalue weighted by Gasteiger charge is 2.07. The molecular weight excluding hydrogens is 149 g/mol. The van der Waals surface area contributed by atoms with Crippen molar-refractivity contribution in [2.45, 2.75) is 6.67 Å². The van der Waals surface area contributed by atoms with E-state index in [1.54, 1.807) is 0 Å². The molecule has 0 aliphatic carbocycles. The number of halogens is 1. The van der Waals surface area contributed by atoms with Gasteiger partial charge < -0.3 is 10.5 Å². The van der Waals surface area contributed by atoms with Crippen molar-refractivity contribution >= 4 is 5.82 Å². The Labute approximate surface area is 63.2 Å². The lowest BCUT2D eigenvalue weighted by Gasteiger charge is -2.04. The Kier molecular flexibility index (Phi) is 2.20. The lowest BCUT2D eigenvalue weighted by molar-refractivity contribution is 0.388. The van der Waals surface area contributed by atoms with Gasteiger partial charge in [0.1, 0.15) is 18.7 Å². The smallest absolute Gasteiger partial charge is 0.185 e. The van der Waals surface area contributed by atoms with Gasteiger partial charge in [-0.3, -0.25) is 0 Å². The van der Waals surface area contributed by atoms with Gasteiger partial charge in [-0.1, -0.05) is 0 Å². The van der Waals surface area contributed by atoms with E-state index in [1.807, 2.05) is 0 Å². The Bertz CT molecular complexity index is 254. The first-order chi connectivity index (χ1) is 5.29. The van der Waals surface area contributed by atoms with Crippen LogP contribution in [0.15, 0.2) is 6.33 Å². The first-order valence-electron chi connectivity index (χ1n) is 2.99. The van der Waals surface area contributed by atoms with Crippen molar-refractivity contribution in [1.82, 2.24) is 9.97 Å². The summed E-state index contributed by atoms with van der Waals surface area (Å²) in [5, 5.41) is 0. The number of nitrogens with two attached hydrogens (primary N) is 1. The monoisotopic (exact) mass is 157 g/mol. The van der Waals surface area contributed by atoms with Crippen LogP contribution in [0, 0.1) is 0 Å². The fourth-order valence-electron chi connectivity index (χ4n) is 0.743. The summed E-state index contributed by atoms with van der Waals surface area (Å²) in [6.07, 6.45) is 1.20. The normalized spacial score (nSPS) is 9.64. The molecular formula is C6H8FN3O. The fraction of sp³-hybridized carbons (Fsp3) is 0.333. The molecule has 1 rings (SSSR count). The minimum Gasteiger partial charge on any atom is -0.491 e. The number of hydrogen-bond donors (Lipinski definition) is 1. The lowest BCUT2D eigenvalue weighted by atomic mass is 10.4. The van der Waals surface area contributed by atoms with Crippen LogP contribution in [0.1, 0.15) is 5.69 Å². The average molecular weight is 157 g/mol. The molecule has 0 spiro atoms. The number of ether oxygens (including phenoxy) is 1. The van der Waals surface area contributed by atoms with E-state index >= 15 is 0 Å². The zero-order valence-corrected chi connectivity index (χ0v) is 6.04. The van der Waals surface area contributed by atoms with E-state index in [9.17, 15) is 4.39 Å². The van der Waals surface area contributed by atoms with Gasteiger partial charge in [-0.25, -0.2) is 14.4 Å². The third-order valence-electron chi connectivity index (χ3n) is 1.24. The van der Waals surface area contributed by atoms with Crippen LogP contribution in [0.3, 0.4) is 0 Å². The molecule has 0 unspecified atom stereocenters. The van der Waals surface area contributed by atoms with Crippen LogP contribution in [0.4, 0.5) is 10.2 Å². The molecule has 0 atom stereocenters. The Morgan fingerprint density at radius 1 is 1.64 bits per heavy atom. The Morgan fingerprint density at radius 3 is 2.82 bits per heavy atom. The zero-order valence-electron chi connectivity index (χ0n) is 6.04. The van der Waals surface area contributed by atoms with Crippen LogP contribution in [0.25, 0.3) is 0 Å². The maximum atomic E-state index is 12.1. The number of hydrogen-bond acceptors (Lipinski definition) is 4. The SMILES string of the molecule is COc1c(N)ncnc1CF. The summed E-state index contributed by atoms with van der Waals surface area (Å²) in [5.41, 5.74) is 5.55. The minimum absolute atomic E-state index is 0.162. The fourth-order valence-corrected chi connectivity index (χ4v) is 0.743. The van der Waals surface area contributed by atoms with E-state index in [0.717, 1.165) is 0 Å². The highest BCUT2D eigenvalue weighted by molar-refractivity contribution is 5.47. The van der Waals surface area contributed by atoms with Crippen molar-refractivity contribution in [2.75, 3.05) is 12.8 Å². The predicted octanol–water partition coefficient (Wildman–Crippen LogP) is 0.537. The van der Waals surface area contributed by atoms with Crippen molar-refractivity contribution in [1.29, 1.82) is 0 Å². The minimum atomic E-state index is -0.699. The molecule has 2 N–H and O–H groups in total. The summed E-state index contributed by atoms with van der Waals surface area (Å²) in [4.78, 5) is 7.27. The van der Waals surface area contributed by atoms with E-state index in [4.69, 9.17) is 10.5 Å². The molecule has 1 aromatic heterocycles. The highest BCUT2D eigenvalue weighted by Crippen LogP contribution is 2.21. The first kappa shape index (κ1) is 7.71. The number of anilines is 1. The average Bonchev–Trinajstić information content (AvgIpc) is 2.04. The molecule has 1 aromatic rings. The largest absolute Gasteiger partial charge is 0.491 e. The molecule has 0 amide bonds. The van der Waals surface area contributed by atoms with Crippen LogP contribution in [0.5, 0.6) is 5.75 Å². The summed E-state index contributed by atoms with van der Waals surface area (Å²) < 4.78 is 16.9. The van der Waals surface area contributed by atoms with Gasteiger partial charge in [0.05, 0.1) is 7.11 Å². The van der Waals surface area contributed by atoms with Crippen molar-refractivity contribution < 1.29 is 9.13 Å². The molecule has 4 nitrogen and oxygen atoms in total. The van der Waals surface area contributed by atoms with Gasteiger partial charge in [0.15, 0.2) is 11.6 Å². The van der Waals surface area contributed by atoms with Gasteiger partial charge in [0, 0.05) is 0 Å². The Hall–Kier alpha value is -1.39. The van der Waals surface area contributed by atoms with Gasteiger partial charge in [-0.2, -0.15) is 0 Å². The third kappa shape index (κ3) is 1.36. The standard InChI is InChI=1S/C6H8FN3O/c1-11-5-4(2-7)9-3-10-6(5)8/h3H,2H2,1H3,(H2,8,9,10). The first-order valence-corrected chi connectivity index (χ1v) is 2.99. The number of nitrogen functional groups attached to an aromatic ring is 1. The van der Waals surface area contributed by atoms with Gasteiger partial charge in [0.2, 0.25) is 0 Å². The van der Waals surface area contributed by atoms with Crippen molar-refractivity contribution in [3.63, 3.8) is 0 Å². The Morgan fingerprint density at radius 2 is 2.36 bits per heavy atom. The van der Waals surface area contributed by atoms with Gasteiger partial charge in [-0.05, 0) is 0 Å². The molecule has 0 saturated heterocycles. The van der Waals surface area contributed by atoms with E-state index in [1.165, 1.54) is 13.4 Å². The molecule has 0 radical (unpaired) electrons. The second-order valence-electron chi connectivity index (χ2n) is 1.87. The number of methoxy groups -OCH3 is 1. The molecule has 11 heavy (non-hydrogen) atoms. The number of rotatable bonds is 2. The maximum absolute atomic E-state index is 12.1. The van der Waals surface area contributed by atoms with E-state index in [0.29, 0.717) is 0 Å². The summed E-state index contributed by atoms with van der Waals surface area (Å²) >= 11 is 0. The lowest BCUT2D eigenvalue weighted by Crippen LogP contribution is -2.00. The predicted molar refractivity (Wildman–Crippen MR) is 37.8 cm³/mol. The summed E-state index contributed by atoms with van der Waals surface area (Å²) in [5.74, 6) is 0.380. The molecule has 0 aliphatic rings. The molecule has 0 fully saturated rings. The van der Waals surface area contributed by atoms with E-state index in [-0.39, 0.29) is 17.3 Å². The molecule has 1 heterocycles. The molecule has 0 bridgehead atoms. The van der Waals surface area contributed by atoms with E-state index in [2.05, 4.69) is 9.97 Å². The Balaban J connectivity index is 3.13. The van der Waals surface area contributed by atoms with Gasteiger partial charge in [-0.15, -0.1) is 0 Å². The summed E-state index contributed by atoms with van der Waals surface area (Å²) in [7, 11) is 1.40. The molecule has 0 saturated carbocycles. The summed E-state index contributed by atoms with van der Waals surface area (Å²) in [6, 6.07) is 0. The van der Waals surface area contributed by atoms with Crippen LogP contribution in [-0.4, -0.2) is 17.1 Å². The quantitative estimate of drug-likeness (QED) is 0.680. The number of alkyl halides is 1. The van der Waals surface area contributed by atoms with Gasteiger partial charge >= 0.3 is 0 Å². The number of nitrogens with zero attached hydrogens (tertiary/aromatic N) is 2. The van der Waals surface area contributed by atoms with Crippen molar-refractivity contribution in [2.24, 2.45) is 0 Å². The zero-order chi connectivity index (χ0) is 8.27. The van der Waals surface area contributed by atoms with Crippen LogP contribution >= 0.6 is 0 Å². The van der Waals surface area contributed by atoms with Crippen LogP contribution in [0.2, 0.25) is 0 Å². The second kappa shape index (κ2) is 3.14. The molecule has 5 heteroatoms. The topological polar surface area (TPSA) is 61.0 Å². The second-order valence-corrected chi connectivity index (χ2v) is 1.87. The highest BCUT2D eigenvalue weighted by atomic mass is 19.1. The van der Waals surface area contributed by atoms with Gasteiger partial charge in [0.25, 0.3) is 0 Å². The maximum Gasteiger partial charge on any atom is 0.185 e. The van der Waals surface area contributed by atoms with Crippen molar-refractivity contribution in [3.8, 4) is 5.75 Å². The van der Waals surface area contributed by atoms with Crippen LogP contribution < -0.4 is 10.5 Å². The number of aromatic nitrogens is 2. The molecule has 0 aliphatic heterocycles. The molecule has 60 valence electrons. The third-order valence-corrected chi connectivity index (χ3v) is 1.24. The molecule has 0 aromatic carbocycles.